The molecule has 18 heavy (non-hydrogen) atoms. The van der Waals surface area contributed by atoms with Crippen molar-refractivity contribution in [3.63, 3.8) is 0 Å². The minimum atomic E-state index is 0.582. The van der Waals surface area contributed by atoms with Crippen molar-refractivity contribution in [2.75, 3.05) is 0 Å². The van der Waals surface area contributed by atoms with Crippen LogP contribution < -0.4 is 0 Å². The van der Waals surface area contributed by atoms with Crippen LogP contribution in [0.15, 0.2) is 48.5 Å². The summed E-state index contributed by atoms with van der Waals surface area (Å²) in [5.74, 6) is 0.582. The summed E-state index contributed by atoms with van der Waals surface area (Å²) in [5, 5.41) is 0. The number of aryl methyl sites for hydroxylation is 1. The van der Waals surface area contributed by atoms with Gasteiger partial charge in [0.25, 0.3) is 0 Å². The molecule has 1 atom stereocenters. The van der Waals surface area contributed by atoms with Crippen molar-refractivity contribution < 1.29 is 0 Å². The number of hydrogen-bond acceptors (Lipinski definition) is 0. The van der Waals surface area contributed by atoms with Crippen molar-refractivity contribution >= 4 is 0 Å². The highest BCUT2D eigenvalue weighted by molar-refractivity contribution is 5.37. The predicted octanol–water partition coefficient (Wildman–Crippen LogP) is 4.90. The molecule has 0 aliphatic heterocycles. The van der Waals surface area contributed by atoms with Crippen molar-refractivity contribution in [1.82, 2.24) is 0 Å². The SMILES string of the molecule is CCc1cccc(C(C)Cc2ccccc2)c1C. The summed E-state index contributed by atoms with van der Waals surface area (Å²) in [6.07, 6.45) is 2.24. The van der Waals surface area contributed by atoms with E-state index in [9.17, 15) is 0 Å². The lowest BCUT2D eigenvalue weighted by molar-refractivity contribution is 0.750. The van der Waals surface area contributed by atoms with Crippen molar-refractivity contribution in [2.45, 2.75) is 39.5 Å². The van der Waals surface area contributed by atoms with Gasteiger partial charge in [-0.2, -0.15) is 0 Å². The summed E-state index contributed by atoms with van der Waals surface area (Å²) in [4.78, 5) is 0. The smallest absolute Gasteiger partial charge is 0.0147 e. The van der Waals surface area contributed by atoms with E-state index in [1.54, 1.807) is 0 Å². The molecule has 0 spiro atoms. The van der Waals surface area contributed by atoms with Crippen LogP contribution in [0.5, 0.6) is 0 Å². The topological polar surface area (TPSA) is 0 Å². The van der Waals surface area contributed by atoms with Gasteiger partial charge in [0.1, 0.15) is 0 Å². The zero-order valence-electron chi connectivity index (χ0n) is 11.6. The van der Waals surface area contributed by atoms with E-state index in [0.717, 1.165) is 12.8 Å². The third-order valence-corrected chi connectivity index (χ3v) is 3.78. The normalized spacial score (nSPS) is 12.4. The Hall–Kier alpha value is -1.56. The molecular formula is C18H22. The Labute approximate surface area is 111 Å². The first-order valence-electron chi connectivity index (χ1n) is 6.84. The summed E-state index contributed by atoms with van der Waals surface area (Å²) in [6, 6.07) is 17.5. The number of rotatable bonds is 4. The molecule has 0 N–H and O–H groups in total. The third kappa shape index (κ3) is 2.81. The minimum absolute atomic E-state index is 0.582. The van der Waals surface area contributed by atoms with E-state index in [2.05, 4.69) is 69.3 Å². The van der Waals surface area contributed by atoms with Gasteiger partial charge in [-0.05, 0) is 47.9 Å². The van der Waals surface area contributed by atoms with E-state index in [1.165, 1.54) is 22.3 Å². The lowest BCUT2D eigenvalue weighted by atomic mass is 9.88. The number of benzene rings is 2. The average molecular weight is 238 g/mol. The second-order valence-electron chi connectivity index (χ2n) is 5.08. The van der Waals surface area contributed by atoms with Gasteiger partial charge < -0.3 is 0 Å². The molecule has 0 fully saturated rings. The van der Waals surface area contributed by atoms with E-state index in [4.69, 9.17) is 0 Å². The van der Waals surface area contributed by atoms with Gasteiger partial charge in [0, 0.05) is 0 Å². The Kier molecular flexibility index (Phi) is 4.19. The molecule has 0 saturated heterocycles. The molecular weight excluding hydrogens is 216 g/mol. The molecule has 2 rings (SSSR count). The lowest BCUT2D eigenvalue weighted by Gasteiger charge is -2.17. The molecule has 0 radical (unpaired) electrons. The van der Waals surface area contributed by atoms with Crippen LogP contribution in [0.1, 0.15) is 42.0 Å². The Balaban J connectivity index is 2.21. The summed E-state index contributed by atoms with van der Waals surface area (Å²) in [7, 11) is 0. The van der Waals surface area contributed by atoms with Gasteiger partial charge in [0.2, 0.25) is 0 Å². The minimum Gasteiger partial charge on any atom is -0.0622 e. The fourth-order valence-electron chi connectivity index (χ4n) is 2.70. The zero-order chi connectivity index (χ0) is 13.0. The molecule has 2 aromatic carbocycles. The molecule has 2 aromatic rings. The molecule has 0 aliphatic carbocycles. The molecule has 0 aliphatic rings. The van der Waals surface area contributed by atoms with Gasteiger partial charge in [-0.15, -0.1) is 0 Å². The van der Waals surface area contributed by atoms with Crippen molar-refractivity contribution in [3.05, 3.63) is 70.8 Å². The van der Waals surface area contributed by atoms with Gasteiger partial charge in [-0.1, -0.05) is 62.4 Å². The van der Waals surface area contributed by atoms with E-state index >= 15 is 0 Å². The molecule has 94 valence electrons. The second kappa shape index (κ2) is 5.86. The molecule has 0 nitrogen and oxygen atoms in total. The van der Waals surface area contributed by atoms with Crippen LogP contribution in [0, 0.1) is 6.92 Å². The van der Waals surface area contributed by atoms with E-state index in [0.29, 0.717) is 5.92 Å². The summed E-state index contributed by atoms with van der Waals surface area (Å²) >= 11 is 0. The van der Waals surface area contributed by atoms with Crippen LogP contribution in [0.4, 0.5) is 0 Å². The van der Waals surface area contributed by atoms with Gasteiger partial charge in [0.15, 0.2) is 0 Å². The van der Waals surface area contributed by atoms with Gasteiger partial charge in [0.05, 0.1) is 0 Å². The molecule has 0 aromatic heterocycles. The first kappa shape index (κ1) is 12.9. The van der Waals surface area contributed by atoms with Gasteiger partial charge >= 0.3 is 0 Å². The Bertz CT molecular complexity index is 497. The zero-order valence-corrected chi connectivity index (χ0v) is 11.6. The first-order valence-corrected chi connectivity index (χ1v) is 6.84. The molecule has 0 saturated carbocycles. The molecule has 0 heteroatoms. The maximum Gasteiger partial charge on any atom is -0.0147 e. The monoisotopic (exact) mass is 238 g/mol. The molecule has 0 heterocycles. The van der Waals surface area contributed by atoms with E-state index in [-0.39, 0.29) is 0 Å². The maximum atomic E-state index is 2.33. The predicted molar refractivity (Wildman–Crippen MR) is 79.1 cm³/mol. The largest absolute Gasteiger partial charge is 0.0622 e. The van der Waals surface area contributed by atoms with Crippen LogP contribution in [-0.2, 0) is 12.8 Å². The lowest BCUT2D eigenvalue weighted by Crippen LogP contribution is -2.02. The molecule has 0 amide bonds. The Morgan fingerprint density at radius 3 is 2.33 bits per heavy atom. The standard InChI is InChI=1S/C18H22/c1-4-17-11-8-12-18(15(17)3)14(2)13-16-9-6-5-7-10-16/h5-12,14H,4,13H2,1-3H3. The van der Waals surface area contributed by atoms with Crippen LogP contribution in [0.3, 0.4) is 0 Å². The van der Waals surface area contributed by atoms with Gasteiger partial charge in [-0.3, -0.25) is 0 Å². The van der Waals surface area contributed by atoms with Gasteiger partial charge in [-0.25, -0.2) is 0 Å². The van der Waals surface area contributed by atoms with Crippen molar-refractivity contribution in [1.29, 1.82) is 0 Å². The first-order chi connectivity index (χ1) is 8.72. The van der Waals surface area contributed by atoms with E-state index in [1.807, 2.05) is 0 Å². The van der Waals surface area contributed by atoms with E-state index < -0.39 is 0 Å². The Morgan fingerprint density at radius 1 is 0.944 bits per heavy atom. The summed E-state index contributed by atoms with van der Waals surface area (Å²) in [6.45, 7) is 6.82. The maximum absolute atomic E-state index is 2.33. The number of hydrogen-bond donors (Lipinski definition) is 0. The summed E-state index contributed by atoms with van der Waals surface area (Å²) < 4.78 is 0. The molecule has 0 bridgehead atoms. The third-order valence-electron chi connectivity index (χ3n) is 3.78. The highest BCUT2D eigenvalue weighted by atomic mass is 14.2. The fourth-order valence-corrected chi connectivity index (χ4v) is 2.70. The van der Waals surface area contributed by atoms with Crippen LogP contribution in [0.25, 0.3) is 0 Å². The summed E-state index contributed by atoms with van der Waals surface area (Å²) in [5.41, 5.74) is 5.88. The van der Waals surface area contributed by atoms with Crippen molar-refractivity contribution in [3.8, 4) is 0 Å². The average Bonchev–Trinajstić information content (AvgIpc) is 2.40. The highest BCUT2D eigenvalue weighted by Gasteiger charge is 2.10. The quantitative estimate of drug-likeness (QED) is 0.710. The highest BCUT2D eigenvalue weighted by Crippen LogP contribution is 2.25. The Morgan fingerprint density at radius 2 is 1.67 bits per heavy atom. The molecule has 1 unspecified atom stereocenters. The van der Waals surface area contributed by atoms with Crippen LogP contribution in [0.2, 0.25) is 0 Å². The van der Waals surface area contributed by atoms with Crippen molar-refractivity contribution in [2.24, 2.45) is 0 Å². The van der Waals surface area contributed by atoms with Crippen LogP contribution in [-0.4, -0.2) is 0 Å². The second-order valence-corrected chi connectivity index (χ2v) is 5.08. The van der Waals surface area contributed by atoms with Crippen LogP contribution >= 0.6 is 0 Å². The fraction of sp³-hybridized carbons (Fsp3) is 0.333.